The molecule has 0 amide bonds. The number of carbonyl (C=O) groups is 1. The molecule has 1 heterocycles. The highest BCUT2D eigenvalue weighted by atomic mass is 19.2. The van der Waals surface area contributed by atoms with Crippen LogP contribution in [0.2, 0.25) is 0 Å². The first-order valence-electron chi connectivity index (χ1n) is 7.24. The van der Waals surface area contributed by atoms with Crippen LogP contribution in [-0.4, -0.2) is 18.1 Å². The Morgan fingerprint density at radius 3 is 2.67 bits per heavy atom. The molecule has 24 heavy (non-hydrogen) atoms. The largest absolute Gasteiger partial charge is 0.469 e. The Morgan fingerprint density at radius 2 is 1.92 bits per heavy atom. The van der Waals surface area contributed by atoms with Crippen LogP contribution in [0.15, 0.2) is 48.5 Å². The third-order valence-electron chi connectivity index (χ3n) is 3.52. The molecular formula is C18H14F2N2O2. The predicted octanol–water partition coefficient (Wildman–Crippen LogP) is 3.97. The monoisotopic (exact) mass is 328 g/mol. The van der Waals surface area contributed by atoms with Gasteiger partial charge in [0.2, 0.25) is 0 Å². The molecular weight excluding hydrogens is 314 g/mol. The molecule has 0 aliphatic carbocycles. The van der Waals surface area contributed by atoms with E-state index in [2.05, 4.69) is 15.0 Å². The van der Waals surface area contributed by atoms with E-state index >= 15 is 0 Å². The number of hydrogen-bond acceptors (Lipinski definition) is 4. The highest BCUT2D eigenvalue weighted by Crippen LogP contribution is 2.27. The number of anilines is 2. The Kier molecular flexibility index (Phi) is 4.37. The summed E-state index contributed by atoms with van der Waals surface area (Å²) in [7, 11) is 1.31. The van der Waals surface area contributed by atoms with Gasteiger partial charge in [-0.1, -0.05) is 18.2 Å². The number of nitrogens with zero attached hydrogens (tertiary/aromatic N) is 1. The van der Waals surface area contributed by atoms with Crippen LogP contribution in [0.5, 0.6) is 0 Å². The number of ether oxygens (including phenoxy) is 1. The van der Waals surface area contributed by atoms with Crippen LogP contribution < -0.4 is 5.32 Å². The Labute approximate surface area is 137 Å². The van der Waals surface area contributed by atoms with Crippen molar-refractivity contribution in [3.8, 4) is 0 Å². The van der Waals surface area contributed by atoms with Crippen molar-refractivity contribution in [3.63, 3.8) is 0 Å². The van der Waals surface area contributed by atoms with Crippen molar-refractivity contribution in [1.29, 1.82) is 0 Å². The highest BCUT2D eigenvalue weighted by molar-refractivity contribution is 5.93. The van der Waals surface area contributed by atoms with E-state index in [-0.39, 0.29) is 6.42 Å². The molecule has 0 radical (unpaired) electrons. The Balaban J connectivity index is 2.04. The zero-order valence-corrected chi connectivity index (χ0v) is 12.8. The second-order valence-corrected chi connectivity index (χ2v) is 5.19. The van der Waals surface area contributed by atoms with Gasteiger partial charge in [-0.05, 0) is 24.3 Å². The minimum Gasteiger partial charge on any atom is -0.469 e. The van der Waals surface area contributed by atoms with Gasteiger partial charge in [-0.3, -0.25) is 9.78 Å². The molecule has 0 spiro atoms. The van der Waals surface area contributed by atoms with E-state index in [1.165, 1.54) is 13.2 Å². The third-order valence-corrected chi connectivity index (χ3v) is 3.52. The van der Waals surface area contributed by atoms with Gasteiger partial charge in [0.1, 0.15) is 0 Å². The van der Waals surface area contributed by atoms with Crippen molar-refractivity contribution in [2.24, 2.45) is 0 Å². The summed E-state index contributed by atoms with van der Waals surface area (Å²) < 4.78 is 31.1. The van der Waals surface area contributed by atoms with Crippen LogP contribution in [0.1, 0.15) is 5.69 Å². The number of carbonyl (C=O) groups excluding carboxylic acids is 1. The number of halogens is 2. The van der Waals surface area contributed by atoms with E-state index in [0.29, 0.717) is 22.6 Å². The number of hydrogen-bond donors (Lipinski definition) is 1. The predicted molar refractivity (Wildman–Crippen MR) is 87.1 cm³/mol. The molecule has 6 heteroatoms. The fourth-order valence-electron chi connectivity index (χ4n) is 2.37. The molecule has 0 atom stereocenters. The number of rotatable bonds is 4. The Morgan fingerprint density at radius 1 is 1.12 bits per heavy atom. The van der Waals surface area contributed by atoms with Crippen molar-refractivity contribution in [2.45, 2.75) is 6.42 Å². The second-order valence-electron chi connectivity index (χ2n) is 5.19. The van der Waals surface area contributed by atoms with Gasteiger partial charge in [-0.15, -0.1) is 0 Å². The molecule has 1 N–H and O–H groups in total. The normalized spacial score (nSPS) is 10.6. The van der Waals surface area contributed by atoms with Crippen LogP contribution in [0.4, 0.5) is 20.2 Å². The van der Waals surface area contributed by atoms with Gasteiger partial charge in [-0.25, -0.2) is 8.78 Å². The van der Waals surface area contributed by atoms with Crippen molar-refractivity contribution in [2.75, 3.05) is 12.4 Å². The number of fused-ring (bicyclic) bond motifs is 1. The topological polar surface area (TPSA) is 51.2 Å². The quantitative estimate of drug-likeness (QED) is 0.736. The van der Waals surface area contributed by atoms with Crippen molar-refractivity contribution >= 4 is 28.2 Å². The number of aromatic nitrogens is 1. The average Bonchev–Trinajstić information content (AvgIpc) is 2.58. The molecule has 4 nitrogen and oxygen atoms in total. The summed E-state index contributed by atoms with van der Waals surface area (Å²) >= 11 is 0. The zero-order chi connectivity index (χ0) is 17.1. The lowest BCUT2D eigenvalue weighted by atomic mass is 10.1. The van der Waals surface area contributed by atoms with Gasteiger partial charge in [0.25, 0.3) is 0 Å². The molecule has 1 aromatic heterocycles. The molecule has 0 saturated carbocycles. The van der Waals surface area contributed by atoms with E-state index in [0.717, 1.165) is 17.5 Å². The van der Waals surface area contributed by atoms with E-state index in [1.54, 1.807) is 6.07 Å². The molecule has 0 saturated heterocycles. The van der Waals surface area contributed by atoms with Crippen LogP contribution in [0.25, 0.3) is 10.9 Å². The number of esters is 1. The standard InChI is InChI=1S/C18H14F2N2O2/c1-24-18(23)10-12-9-17(13-4-2-3-5-16(13)22-12)21-11-6-7-14(19)15(20)8-11/h2-9H,10H2,1H3,(H,21,22). The van der Waals surface area contributed by atoms with Crippen molar-refractivity contribution in [1.82, 2.24) is 4.98 Å². The van der Waals surface area contributed by atoms with Crippen LogP contribution in [0.3, 0.4) is 0 Å². The molecule has 0 fully saturated rings. The molecule has 2 aromatic carbocycles. The second kappa shape index (κ2) is 6.62. The summed E-state index contributed by atoms with van der Waals surface area (Å²) in [5, 5.41) is 3.85. The molecule has 3 aromatic rings. The Hall–Kier alpha value is -3.02. The zero-order valence-electron chi connectivity index (χ0n) is 12.8. The molecule has 0 bridgehead atoms. The molecule has 0 unspecified atom stereocenters. The lowest BCUT2D eigenvalue weighted by molar-refractivity contribution is -0.139. The average molecular weight is 328 g/mol. The molecule has 3 rings (SSSR count). The number of pyridine rings is 1. The minimum absolute atomic E-state index is 0.0216. The Bertz CT molecular complexity index is 913. The van der Waals surface area contributed by atoms with E-state index in [1.807, 2.05) is 24.3 Å². The van der Waals surface area contributed by atoms with Gasteiger partial charge in [0.05, 0.1) is 24.7 Å². The summed E-state index contributed by atoms with van der Waals surface area (Å²) in [5.74, 6) is -2.25. The van der Waals surface area contributed by atoms with Crippen LogP contribution in [0, 0.1) is 11.6 Å². The van der Waals surface area contributed by atoms with Gasteiger partial charge in [-0.2, -0.15) is 0 Å². The van der Waals surface area contributed by atoms with Crippen LogP contribution >= 0.6 is 0 Å². The van der Waals surface area contributed by atoms with Gasteiger partial charge >= 0.3 is 5.97 Å². The van der Waals surface area contributed by atoms with Gasteiger partial charge in [0, 0.05) is 22.8 Å². The minimum atomic E-state index is -0.937. The summed E-state index contributed by atoms with van der Waals surface area (Å²) in [4.78, 5) is 15.9. The number of para-hydroxylation sites is 1. The lowest BCUT2D eigenvalue weighted by Gasteiger charge is -2.12. The first-order chi connectivity index (χ1) is 11.6. The SMILES string of the molecule is COC(=O)Cc1cc(Nc2ccc(F)c(F)c2)c2ccccc2n1. The lowest BCUT2D eigenvalue weighted by Crippen LogP contribution is -2.07. The molecule has 0 aliphatic heterocycles. The number of nitrogens with one attached hydrogen (secondary N) is 1. The smallest absolute Gasteiger partial charge is 0.311 e. The summed E-state index contributed by atoms with van der Waals surface area (Å²) in [5.41, 5.74) is 2.24. The maximum absolute atomic E-state index is 13.4. The maximum Gasteiger partial charge on any atom is 0.311 e. The first-order valence-corrected chi connectivity index (χ1v) is 7.24. The van der Waals surface area contributed by atoms with Gasteiger partial charge in [0.15, 0.2) is 11.6 Å². The molecule has 0 aliphatic rings. The fraction of sp³-hybridized carbons (Fsp3) is 0.111. The highest BCUT2D eigenvalue weighted by Gasteiger charge is 2.11. The van der Waals surface area contributed by atoms with Crippen LogP contribution in [-0.2, 0) is 16.0 Å². The fourth-order valence-corrected chi connectivity index (χ4v) is 2.37. The first kappa shape index (κ1) is 15.9. The third kappa shape index (κ3) is 3.32. The van der Waals surface area contributed by atoms with E-state index < -0.39 is 17.6 Å². The summed E-state index contributed by atoms with van der Waals surface area (Å²) in [6.45, 7) is 0. The van der Waals surface area contributed by atoms with E-state index in [9.17, 15) is 13.6 Å². The summed E-state index contributed by atoms with van der Waals surface area (Å²) in [6, 6.07) is 12.6. The summed E-state index contributed by atoms with van der Waals surface area (Å²) in [6.07, 6.45) is 0.0216. The van der Waals surface area contributed by atoms with Crippen molar-refractivity contribution < 1.29 is 18.3 Å². The molecule has 122 valence electrons. The van der Waals surface area contributed by atoms with Gasteiger partial charge < -0.3 is 10.1 Å². The number of methoxy groups -OCH3 is 1. The van der Waals surface area contributed by atoms with E-state index in [4.69, 9.17) is 0 Å². The maximum atomic E-state index is 13.4. The van der Waals surface area contributed by atoms with Crippen molar-refractivity contribution in [3.05, 3.63) is 65.9 Å². The number of benzene rings is 2.